The summed E-state index contributed by atoms with van der Waals surface area (Å²) in [5.41, 5.74) is 5.95. The molecule has 0 saturated carbocycles. The van der Waals surface area contributed by atoms with E-state index >= 15 is 0 Å². The summed E-state index contributed by atoms with van der Waals surface area (Å²) in [7, 11) is 0. The smallest absolute Gasteiger partial charge is 0.116 e. The van der Waals surface area contributed by atoms with Crippen LogP contribution >= 0.6 is 23.1 Å². The quantitative estimate of drug-likeness (QED) is 0.509. The minimum atomic E-state index is 0.949. The maximum Gasteiger partial charge on any atom is 0.116 e. The van der Waals surface area contributed by atoms with E-state index in [2.05, 4.69) is 36.5 Å². The fourth-order valence-corrected chi connectivity index (χ4v) is 4.35. The van der Waals surface area contributed by atoms with Gasteiger partial charge in [-0.3, -0.25) is 0 Å². The van der Waals surface area contributed by atoms with E-state index in [1.165, 1.54) is 32.8 Å². The summed E-state index contributed by atoms with van der Waals surface area (Å²) < 4.78 is 17.8. The molecule has 4 rings (SSSR count). The van der Waals surface area contributed by atoms with Gasteiger partial charge in [0.25, 0.3) is 0 Å². The minimum absolute atomic E-state index is 0.949. The molecule has 0 atom stereocenters. The van der Waals surface area contributed by atoms with Gasteiger partial charge in [0.1, 0.15) is 22.4 Å². The highest BCUT2D eigenvalue weighted by Crippen LogP contribution is 2.49. The van der Waals surface area contributed by atoms with Crippen LogP contribution in [0.15, 0.2) is 20.9 Å². The van der Waals surface area contributed by atoms with Gasteiger partial charge in [-0.1, -0.05) is 0 Å². The molecule has 0 radical (unpaired) electrons. The average Bonchev–Trinajstić information content (AvgIpc) is 3.09. The number of aromatic nitrogens is 2. The maximum atomic E-state index is 4.47. The molecule has 3 aromatic rings. The van der Waals surface area contributed by atoms with Crippen LogP contribution in [0, 0.1) is 13.8 Å². The van der Waals surface area contributed by atoms with Gasteiger partial charge in [0.05, 0.1) is 23.1 Å². The molecule has 2 aromatic heterocycles. The van der Waals surface area contributed by atoms with Crippen LogP contribution in [0.25, 0.3) is 21.5 Å². The van der Waals surface area contributed by atoms with Gasteiger partial charge in [-0.25, -0.2) is 0 Å². The molecular formula is C12H8N4S3. The molecule has 3 heterocycles. The standard InChI is InChI=1S/C12H8N4S3/c1-5-3-4-7(17-5)8-11-9(13-18-15-11)6(2)10-12(8)16-19-14-10/h3-4H,1-2H3. The van der Waals surface area contributed by atoms with Gasteiger partial charge in [-0.2, -0.15) is 17.5 Å². The van der Waals surface area contributed by atoms with E-state index in [9.17, 15) is 0 Å². The van der Waals surface area contributed by atoms with Crippen molar-refractivity contribution < 1.29 is 0 Å². The molecule has 0 aliphatic carbocycles. The van der Waals surface area contributed by atoms with Crippen molar-refractivity contribution in [2.24, 2.45) is 8.73 Å². The molecule has 0 fully saturated rings. The SMILES string of the molecule is Cc1ccc(-c2c3c(c(C)c4nsnc24)N=S=N3)s1. The predicted molar refractivity (Wildman–Crippen MR) is 81.7 cm³/mol. The molecule has 1 aliphatic heterocycles. The van der Waals surface area contributed by atoms with E-state index in [0.29, 0.717) is 0 Å². The highest BCUT2D eigenvalue weighted by molar-refractivity contribution is 7.58. The van der Waals surface area contributed by atoms with E-state index < -0.39 is 0 Å². The van der Waals surface area contributed by atoms with Gasteiger partial charge in [0, 0.05) is 20.9 Å². The molecule has 0 amide bonds. The third-order valence-corrected chi connectivity index (χ3v) is 5.22. The average molecular weight is 304 g/mol. The normalized spacial score (nSPS) is 12.9. The predicted octanol–water partition coefficient (Wildman–Crippen LogP) is 4.76. The second-order valence-electron chi connectivity index (χ2n) is 4.33. The van der Waals surface area contributed by atoms with Crippen LogP contribution in [0.4, 0.5) is 11.4 Å². The van der Waals surface area contributed by atoms with E-state index in [1.54, 1.807) is 11.3 Å². The second-order valence-corrected chi connectivity index (χ2v) is 6.68. The monoisotopic (exact) mass is 304 g/mol. The number of rotatable bonds is 1. The van der Waals surface area contributed by atoms with E-state index in [4.69, 9.17) is 0 Å². The first-order chi connectivity index (χ1) is 9.25. The first-order valence-electron chi connectivity index (χ1n) is 5.69. The Morgan fingerprint density at radius 3 is 2.53 bits per heavy atom. The van der Waals surface area contributed by atoms with Gasteiger partial charge in [0.15, 0.2) is 0 Å². The lowest BCUT2D eigenvalue weighted by atomic mass is 10.0. The largest absolute Gasteiger partial charge is 0.173 e. The van der Waals surface area contributed by atoms with E-state index in [-0.39, 0.29) is 0 Å². The Morgan fingerprint density at radius 1 is 0.947 bits per heavy atom. The van der Waals surface area contributed by atoms with Gasteiger partial charge >= 0.3 is 0 Å². The second kappa shape index (κ2) is 4.03. The van der Waals surface area contributed by atoms with Crippen LogP contribution in [-0.4, -0.2) is 8.75 Å². The summed E-state index contributed by atoms with van der Waals surface area (Å²) in [6.07, 6.45) is 0. The van der Waals surface area contributed by atoms with Crippen LogP contribution in [0.1, 0.15) is 10.4 Å². The first kappa shape index (κ1) is 11.4. The lowest BCUT2D eigenvalue weighted by Crippen LogP contribution is -1.84. The Kier molecular flexibility index (Phi) is 2.41. The van der Waals surface area contributed by atoms with Crippen LogP contribution in [0.2, 0.25) is 0 Å². The van der Waals surface area contributed by atoms with Crippen molar-refractivity contribution in [3.8, 4) is 10.4 Å². The molecule has 0 N–H and O–H groups in total. The van der Waals surface area contributed by atoms with Crippen molar-refractivity contribution in [1.29, 1.82) is 0 Å². The van der Waals surface area contributed by atoms with Crippen LogP contribution in [-0.2, 0) is 11.4 Å². The summed E-state index contributed by atoms with van der Waals surface area (Å²) in [6, 6.07) is 4.25. The van der Waals surface area contributed by atoms with E-state index in [1.807, 2.05) is 6.92 Å². The molecule has 4 nitrogen and oxygen atoms in total. The summed E-state index contributed by atoms with van der Waals surface area (Å²) in [4.78, 5) is 2.47. The molecule has 94 valence electrons. The molecule has 0 unspecified atom stereocenters. The van der Waals surface area contributed by atoms with Crippen molar-refractivity contribution >= 4 is 56.8 Å². The Morgan fingerprint density at radius 2 is 1.74 bits per heavy atom. The van der Waals surface area contributed by atoms with Crippen molar-refractivity contribution in [2.45, 2.75) is 13.8 Å². The van der Waals surface area contributed by atoms with Crippen LogP contribution in [0.3, 0.4) is 0 Å². The number of nitrogens with zero attached hydrogens (tertiary/aromatic N) is 4. The summed E-state index contributed by atoms with van der Waals surface area (Å²) >= 11 is 4.26. The highest BCUT2D eigenvalue weighted by Gasteiger charge is 2.23. The number of thiophene rings is 1. The molecule has 0 saturated heterocycles. The molecule has 7 heteroatoms. The molecule has 0 bridgehead atoms. The Bertz CT molecular complexity index is 884. The zero-order valence-corrected chi connectivity index (χ0v) is 12.6. The highest BCUT2D eigenvalue weighted by atomic mass is 32.1. The van der Waals surface area contributed by atoms with Gasteiger partial charge < -0.3 is 0 Å². The first-order valence-corrected chi connectivity index (χ1v) is 7.97. The fraction of sp³-hybridized carbons (Fsp3) is 0.167. The zero-order valence-electron chi connectivity index (χ0n) is 10.2. The van der Waals surface area contributed by atoms with Crippen molar-refractivity contribution in [1.82, 2.24) is 8.75 Å². The number of fused-ring (bicyclic) bond motifs is 2. The number of hydrogen-bond donors (Lipinski definition) is 0. The molecule has 1 aliphatic rings. The fourth-order valence-electron chi connectivity index (χ4n) is 2.22. The Hall–Kier alpha value is -1.44. The lowest BCUT2D eigenvalue weighted by molar-refractivity contribution is 1.43. The van der Waals surface area contributed by atoms with Gasteiger partial charge in [-0.15, -0.1) is 11.3 Å². The number of aryl methyl sites for hydroxylation is 2. The van der Waals surface area contributed by atoms with Crippen LogP contribution < -0.4 is 0 Å². The minimum Gasteiger partial charge on any atom is -0.173 e. The lowest BCUT2D eigenvalue weighted by Gasteiger charge is -2.06. The topological polar surface area (TPSA) is 50.5 Å². The number of hydrogen-bond acceptors (Lipinski definition) is 6. The Balaban J connectivity index is 2.18. The summed E-state index contributed by atoms with van der Waals surface area (Å²) in [6.45, 7) is 4.15. The zero-order chi connectivity index (χ0) is 13.0. The molecule has 1 aromatic carbocycles. The third-order valence-electron chi connectivity index (χ3n) is 3.15. The van der Waals surface area contributed by atoms with Gasteiger partial charge in [-0.05, 0) is 26.0 Å². The van der Waals surface area contributed by atoms with Gasteiger partial charge in [0.2, 0.25) is 0 Å². The van der Waals surface area contributed by atoms with E-state index in [0.717, 1.165) is 33.5 Å². The Labute approximate surface area is 121 Å². The number of benzene rings is 1. The van der Waals surface area contributed by atoms with Crippen molar-refractivity contribution in [2.75, 3.05) is 0 Å². The molecular weight excluding hydrogens is 296 g/mol. The van der Waals surface area contributed by atoms with Crippen molar-refractivity contribution in [3.63, 3.8) is 0 Å². The van der Waals surface area contributed by atoms with Crippen LogP contribution in [0.5, 0.6) is 0 Å². The summed E-state index contributed by atoms with van der Waals surface area (Å²) in [5, 5.41) is 0. The molecule has 19 heavy (non-hydrogen) atoms. The van der Waals surface area contributed by atoms with Crippen molar-refractivity contribution in [3.05, 3.63) is 22.6 Å². The summed E-state index contributed by atoms with van der Waals surface area (Å²) in [5.74, 6) is 0. The third kappa shape index (κ3) is 1.55. The maximum absolute atomic E-state index is 4.47. The molecule has 0 spiro atoms.